The standard InChI is InChI=1S/C18H21N3O3/c1-12-7-9-13(10-8-12)21-15-6-4-3-5-14(15)17(19-21)18(24)20(2)11-16(22)23/h7-10H,3-6,11H2,1-2H3,(H,22,23). The number of aromatic nitrogens is 2. The SMILES string of the molecule is Cc1ccc(-n2nc(C(=O)N(C)CC(=O)O)c3c2CCCC3)cc1. The van der Waals surface area contributed by atoms with Crippen LogP contribution in [0.25, 0.3) is 5.69 Å². The van der Waals surface area contributed by atoms with Gasteiger partial charge in [-0.05, 0) is 44.7 Å². The fraction of sp³-hybridized carbons (Fsp3) is 0.389. The molecule has 1 N–H and O–H groups in total. The monoisotopic (exact) mass is 327 g/mol. The molecule has 0 aliphatic heterocycles. The first kappa shape index (κ1) is 16.2. The highest BCUT2D eigenvalue weighted by Crippen LogP contribution is 2.27. The summed E-state index contributed by atoms with van der Waals surface area (Å²) in [6, 6.07) is 8.02. The van der Waals surface area contributed by atoms with Crippen LogP contribution in [-0.4, -0.2) is 45.3 Å². The zero-order valence-corrected chi connectivity index (χ0v) is 14.0. The minimum absolute atomic E-state index is 0.328. The Balaban J connectivity index is 2.03. The number of aryl methyl sites for hydroxylation is 1. The Hall–Kier alpha value is -2.63. The van der Waals surface area contributed by atoms with Crippen molar-refractivity contribution in [1.29, 1.82) is 0 Å². The van der Waals surface area contributed by atoms with E-state index in [1.54, 1.807) is 0 Å². The van der Waals surface area contributed by atoms with E-state index in [4.69, 9.17) is 5.11 Å². The number of hydrogen-bond donors (Lipinski definition) is 1. The molecule has 0 fully saturated rings. The van der Waals surface area contributed by atoms with Gasteiger partial charge in [0.2, 0.25) is 0 Å². The van der Waals surface area contributed by atoms with Gasteiger partial charge in [-0.3, -0.25) is 9.59 Å². The second kappa shape index (κ2) is 6.47. The third kappa shape index (κ3) is 3.04. The van der Waals surface area contributed by atoms with Gasteiger partial charge in [-0.15, -0.1) is 0 Å². The minimum Gasteiger partial charge on any atom is -0.480 e. The molecule has 2 aromatic rings. The molecule has 0 radical (unpaired) electrons. The first-order valence-corrected chi connectivity index (χ1v) is 8.12. The third-order valence-corrected chi connectivity index (χ3v) is 4.38. The number of fused-ring (bicyclic) bond motifs is 1. The molecular weight excluding hydrogens is 306 g/mol. The molecule has 0 saturated heterocycles. The van der Waals surface area contributed by atoms with Gasteiger partial charge in [-0.2, -0.15) is 5.10 Å². The summed E-state index contributed by atoms with van der Waals surface area (Å²) in [6.07, 6.45) is 3.79. The van der Waals surface area contributed by atoms with E-state index >= 15 is 0 Å². The number of hydrogen-bond acceptors (Lipinski definition) is 3. The molecule has 24 heavy (non-hydrogen) atoms. The van der Waals surface area contributed by atoms with Crippen LogP contribution in [0.5, 0.6) is 0 Å². The van der Waals surface area contributed by atoms with Crippen molar-refractivity contribution >= 4 is 11.9 Å². The molecule has 1 aromatic heterocycles. The van der Waals surface area contributed by atoms with Gasteiger partial charge >= 0.3 is 5.97 Å². The number of benzene rings is 1. The number of carbonyl (C=O) groups excluding carboxylic acids is 1. The summed E-state index contributed by atoms with van der Waals surface area (Å²) >= 11 is 0. The lowest BCUT2D eigenvalue weighted by atomic mass is 9.95. The zero-order chi connectivity index (χ0) is 17.3. The topological polar surface area (TPSA) is 75.4 Å². The van der Waals surface area contributed by atoms with Crippen LogP contribution < -0.4 is 0 Å². The molecule has 0 atom stereocenters. The second-order valence-corrected chi connectivity index (χ2v) is 6.28. The van der Waals surface area contributed by atoms with Gasteiger partial charge in [0.25, 0.3) is 5.91 Å². The lowest BCUT2D eigenvalue weighted by molar-refractivity contribution is -0.137. The molecule has 126 valence electrons. The predicted octanol–water partition coefficient (Wildman–Crippen LogP) is 2.22. The molecule has 6 heteroatoms. The van der Waals surface area contributed by atoms with Crippen LogP contribution in [-0.2, 0) is 17.6 Å². The quantitative estimate of drug-likeness (QED) is 0.934. The second-order valence-electron chi connectivity index (χ2n) is 6.28. The van der Waals surface area contributed by atoms with Gasteiger partial charge in [-0.1, -0.05) is 17.7 Å². The Morgan fingerprint density at radius 1 is 1.21 bits per heavy atom. The summed E-state index contributed by atoms with van der Waals surface area (Å²) in [6.45, 7) is 1.70. The number of amides is 1. The molecule has 0 bridgehead atoms. The van der Waals surface area contributed by atoms with Crippen LogP contribution in [0.1, 0.15) is 40.2 Å². The summed E-state index contributed by atoms with van der Waals surface area (Å²) in [4.78, 5) is 24.7. The van der Waals surface area contributed by atoms with Gasteiger partial charge in [-0.25, -0.2) is 4.68 Å². The summed E-state index contributed by atoms with van der Waals surface area (Å²) in [7, 11) is 1.50. The molecule has 6 nitrogen and oxygen atoms in total. The fourth-order valence-corrected chi connectivity index (χ4v) is 3.13. The van der Waals surface area contributed by atoms with E-state index in [0.717, 1.165) is 48.2 Å². The molecule has 3 rings (SSSR count). The van der Waals surface area contributed by atoms with Crippen molar-refractivity contribution in [2.24, 2.45) is 0 Å². The van der Waals surface area contributed by atoms with E-state index in [-0.39, 0.29) is 12.5 Å². The molecule has 0 unspecified atom stereocenters. The number of nitrogens with zero attached hydrogens (tertiary/aromatic N) is 3. The van der Waals surface area contributed by atoms with Gasteiger partial charge in [0.05, 0.1) is 5.69 Å². The van der Waals surface area contributed by atoms with Crippen LogP contribution in [0, 0.1) is 6.92 Å². The molecule has 1 heterocycles. The lowest BCUT2D eigenvalue weighted by Crippen LogP contribution is -2.33. The first-order chi connectivity index (χ1) is 11.5. The summed E-state index contributed by atoms with van der Waals surface area (Å²) in [5.41, 5.74) is 4.51. The van der Waals surface area contributed by atoms with Crippen molar-refractivity contribution in [3.05, 3.63) is 46.8 Å². The fourth-order valence-electron chi connectivity index (χ4n) is 3.13. The highest BCUT2D eigenvalue weighted by molar-refractivity contribution is 5.95. The van der Waals surface area contributed by atoms with Crippen molar-refractivity contribution in [2.75, 3.05) is 13.6 Å². The van der Waals surface area contributed by atoms with E-state index in [1.165, 1.54) is 11.9 Å². The Bertz CT molecular complexity index is 778. The van der Waals surface area contributed by atoms with Crippen LogP contribution in [0.4, 0.5) is 0 Å². The average molecular weight is 327 g/mol. The van der Waals surface area contributed by atoms with Crippen LogP contribution in [0.3, 0.4) is 0 Å². The van der Waals surface area contributed by atoms with Crippen molar-refractivity contribution < 1.29 is 14.7 Å². The highest BCUT2D eigenvalue weighted by Gasteiger charge is 2.27. The van der Waals surface area contributed by atoms with Crippen LogP contribution in [0.15, 0.2) is 24.3 Å². The number of carboxylic acids is 1. The molecule has 1 aliphatic carbocycles. The molecule has 0 saturated carbocycles. The van der Waals surface area contributed by atoms with E-state index in [1.807, 2.05) is 35.9 Å². The summed E-state index contributed by atoms with van der Waals surface area (Å²) in [5.74, 6) is -1.36. The highest BCUT2D eigenvalue weighted by atomic mass is 16.4. The van der Waals surface area contributed by atoms with E-state index in [0.29, 0.717) is 5.69 Å². The van der Waals surface area contributed by atoms with Crippen molar-refractivity contribution in [3.8, 4) is 5.69 Å². The van der Waals surface area contributed by atoms with Gasteiger partial charge < -0.3 is 10.0 Å². The third-order valence-electron chi connectivity index (χ3n) is 4.38. The first-order valence-electron chi connectivity index (χ1n) is 8.12. The smallest absolute Gasteiger partial charge is 0.323 e. The van der Waals surface area contributed by atoms with Crippen molar-refractivity contribution in [3.63, 3.8) is 0 Å². The van der Waals surface area contributed by atoms with E-state index < -0.39 is 5.97 Å². The Morgan fingerprint density at radius 3 is 2.54 bits per heavy atom. The molecule has 1 aliphatic rings. The number of carboxylic acid groups (broad SMARTS) is 1. The number of rotatable bonds is 4. The maximum Gasteiger partial charge on any atom is 0.323 e. The molecular formula is C18H21N3O3. The average Bonchev–Trinajstić information content (AvgIpc) is 2.94. The van der Waals surface area contributed by atoms with Gasteiger partial charge in [0.15, 0.2) is 5.69 Å². The molecule has 1 aromatic carbocycles. The summed E-state index contributed by atoms with van der Waals surface area (Å²) < 4.78 is 1.84. The van der Waals surface area contributed by atoms with Crippen molar-refractivity contribution in [1.82, 2.24) is 14.7 Å². The van der Waals surface area contributed by atoms with Crippen LogP contribution in [0.2, 0.25) is 0 Å². The maximum absolute atomic E-state index is 12.6. The number of aliphatic carboxylic acids is 1. The summed E-state index contributed by atoms with van der Waals surface area (Å²) in [5, 5.41) is 13.5. The van der Waals surface area contributed by atoms with Gasteiger partial charge in [0.1, 0.15) is 6.54 Å². The largest absolute Gasteiger partial charge is 0.480 e. The number of carbonyl (C=O) groups is 2. The molecule has 0 spiro atoms. The molecule has 1 amide bonds. The van der Waals surface area contributed by atoms with Gasteiger partial charge in [0, 0.05) is 18.3 Å². The minimum atomic E-state index is -1.03. The van der Waals surface area contributed by atoms with Crippen molar-refractivity contribution in [2.45, 2.75) is 32.6 Å². The Kier molecular flexibility index (Phi) is 4.38. The predicted molar refractivity (Wildman–Crippen MR) is 89.5 cm³/mol. The Morgan fingerprint density at radius 2 is 1.88 bits per heavy atom. The zero-order valence-electron chi connectivity index (χ0n) is 14.0. The lowest BCUT2D eigenvalue weighted by Gasteiger charge is -2.16. The van der Waals surface area contributed by atoms with E-state index in [9.17, 15) is 9.59 Å². The maximum atomic E-state index is 12.6. The number of likely N-dealkylation sites (N-methyl/N-ethyl adjacent to an activating group) is 1. The van der Waals surface area contributed by atoms with Crippen LogP contribution >= 0.6 is 0 Å². The Labute approximate surface area is 140 Å². The normalized spacial score (nSPS) is 13.4. The van der Waals surface area contributed by atoms with E-state index in [2.05, 4.69) is 5.10 Å².